The number of hydrogen-bond acceptors (Lipinski definition) is 4. The summed E-state index contributed by atoms with van der Waals surface area (Å²) in [5.41, 5.74) is 1.32. The fraction of sp³-hybridized carbons (Fsp3) is 0.364. The van der Waals surface area contributed by atoms with E-state index < -0.39 is 5.97 Å². The third kappa shape index (κ3) is 1.82. The summed E-state index contributed by atoms with van der Waals surface area (Å²) in [5, 5.41) is 16.1. The molecule has 6 nitrogen and oxygen atoms in total. The Labute approximate surface area is 98.3 Å². The van der Waals surface area contributed by atoms with E-state index in [1.165, 1.54) is 10.7 Å². The molecule has 0 saturated carbocycles. The number of rotatable bonds is 3. The third-order valence-electron chi connectivity index (χ3n) is 2.57. The van der Waals surface area contributed by atoms with Gasteiger partial charge in [0, 0.05) is 18.8 Å². The van der Waals surface area contributed by atoms with Crippen LogP contribution in [0, 0.1) is 0 Å². The van der Waals surface area contributed by atoms with Crippen molar-refractivity contribution in [2.24, 2.45) is 0 Å². The quantitative estimate of drug-likeness (QED) is 0.843. The average Bonchev–Trinajstić information content (AvgIpc) is 2.70. The highest BCUT2D eigenvalue weighted by molar-refractivity contribution is 5.94. The fourth-order valence-electron chi connectivity index (χ4n) is 1.61. The van der Waals surface area contributed by atoms with Crippen LogP contribution in [0.25, 0.3) is 5.65 Å². The molecule has 90 valence electrons. The highest BCUT2D eigenvalue weighted by atomic mass is 16.4. The van der Waals surface area contributed by atoms with Crippen LogP contribution >= 0.6 is 0 Å². The number of aromatic nitrogens is 3. The van der Waals surface area contributed by atoms with Crippen molar-refractivity contribution in [3.8, 4) is 0 Å². The van der Waals surface area contributed by atoms with Crippen LogP contribution < -0.4 is 5.32 Å². The normalized spacial score (nSPS) is 11.1. The summed E-state index contributed by atoms with van der Waals surface area (Å²) in [6.07, 6.45) is 1.32. The van der Waals surface area contributed by atoms with Crippen LogP contribution in [-0.4, -0.2) is 32.7 Å². The topological polar surface area (TPSA) is 79.5 Å². The van der Waals surface area contributed by atoms with E-state index >= 15 is 0 Å². The predicted molar refractivity (Wildman–Crippen MR) is 63.6 cm³/mol. The van der Waals surface area contributed by atoms with Gasteiger partial charge in [-0.05, 0) is 5.92 Å². The van der Waals surface area contributed by atoms with Gasteiger partial charge in [0.05, 0.1) is 6.20 Å². The van der Waals surface area contributed by atoms with Crippen LogP contribution in [0.4, 0.5) is 5.82 Å². The predicted octanol–water partition coefficient (Wildman–Crippen LogP) is 1.59. The zero-order valence-electron chi connectivity index (χ0n) is 9.93. The molecule has 0 fully saturated rings. The van der Waals surface area contributed by atoms with Gasteiger partial charge < -0.3 is 10.4 Å². The first-order chi connectivity index (χ1) is 8.04. The lowest BCUT2D eigenvalue weighted by atomic mass is 10.1. The number of carbonyl (C=O) groups is 1. The van der Waals surface area contributed by atoms with Crippen molar-refractivity contribution < 1.29 is 9.90 Å². The van der Waals surface area contributed by atoms with E-state index in [0.29, 0.717) is 5.65 Å². The van der Waals surface area contributed by atoms with E-state index in [1.807, 2.05) is 19.9 Å². The molecule has 0 bridgehead atoms. The summed E-state index contributed by atoms with van der Waals surface area (Å²) in [5.74, 6) is -0.0645. The largest absolute Gasteiger partial charge is 0.477 e. The summed E-state index contributed by atoms with van der Waals surface area (Å²) < 4.78 is 1.50. The van der Waals surface area contributed by atoms with Gasteiger partial charge in [-0.1, -0.05) is 13.8 Å². The second-order valence-corrected chi connectivity index (χ2v) is 4.07. The molecule has 0 aliphatic rings. The Morgan fingerprint density at radius 2 is 2.24 bits per heavy atom. The third-order valence-corrected chi connectivity index (χ3v) is 2.57. The van der Waals surface area contributed by atoms with E-state index in [-0.39, 0.29) is 11.5 Å². The molecule has 2 N–H and O–H groups in total. The summed E-state index contributed by atoms with van der Waals surface area (Å²) in [7, 11) is 1.76. The standard InChI is InChI=1S/C11H14N4O2/c1-6(2)8-4-9(12-3)15-10(14-8)7(5-13-15)11(16)17/h4-6,12H,1-3H3,(H,16,17). The Bertz CT molecular complexity index is 574. The number of hydrogen-bond donors (Lipinski definition) is 2. The number of fused-ring (bicyclic) bond motifs is 1. The summed E-state index contributed by atoms with van der Waals surface area (Å²) in [6.45, 7) is 4.02. The van der Waals surface area contributed by atoms with E-state index in [4.69, 9.17) is 5.11 Å². The number of carboxylic acid groups (broad SMARTS) is 1. The van der Waals surface area contributed by atoms with E-state index in [1.54, 1.807) is 7.05 Å². The second-order valence-electron chi connectivity index (χ2n) is 4.07. The summed E-state index contributed by atoms with van der Waals surface area (Å²) in [4.78, 5) is 15.4. The molecule has 0 radical (unpaired) electrons. The molecule has 0 aliphatic heterocycles. The van der Waals surface area contributed by atoms with Crippen LogP contribution in [-0.2, 0) is 0 Å². The first-order valence-electron chi connectivity index (χ1n) is 5.34. The van der Waals surface area contributed by atoms with E-state index in [9.17, 15) is 4.79 Å². The Balaban J connectivity index is 2.76. The van der Waals surface area contributed by atoms with Gasteiger partial charge in [-0.15, -0.1) is 0 Å². The van der Waals surface area contributed by atoms with Crippen LogP contribution in [0.5, 0.6) is 0 Å². The molecule has 0 aliphatic carbocycles. The number of aromatic carboxylic acids is 1. The maximum atomic E-state index is 11.0. The molecule has 17 heavy (non-hydrogen) atoms. The van der Waals surface area contributed by atoms with Crippen molar-refractivity contribution in [2.45, 2.75) is 19.8 Å². The van der Waals surface area contributed by atoms with Gasteiger partial charge in [0.1, 0.15) is 11.4 Å². The minimum absolute atomic E-state index is 0.115. The Kier molecular flexibility index (Phi) is 2.71. The second kappa shape index (κ2) is 4.04. The van der Waals surface area contributed by atoms with Gasteiger partial charge in [0.2, 0.25) is 0 Å². The average molecular weight is 234 g/mol. The van der Waals surface area contributed by atoms with Gasteiger partial charge >= 0.3 is 5.97 Å². The van der Waals surface area contributed by atoms with Crippen molar-refractivity contribution >= 4 is 17.4 Å². The van der Waals surface area contributed by atoms with Crippen LogP contribution in [0.3, 0.4) is 0 Å². The highest BCUT2D eigenvalue weighted by Crippen LogP contribution is 2.20. The molecule has 0 unspecified atom stereocenters. The Hall–Kier alpha value is -2.11. The summed E-state index contributed by atoms with van der Waals surface area (Å²) >= 11 is 0. The lowest BCUT2D eigenvalue weighted by molar-refractivity contribution is 0.0699. The lowest BCUT2D eigenvalue weighted by Gasteiger charge is -2.09. The maximum Gasteiger partial charge on any atom is 0.341 e. The van der Waals surface area contributed by atoms with Gasteiger partial charge in [-0.2, -0.15) is 9.61 Å². The molecule has 2 aromatic rings. The SMILES string of the molecule is CNc1cc(C(C)C)nc2c(C(=O)O)cnn12. The van der Waals surface area contributed by atoms with Crippen LogP contribution in [0.15, 0.2) is 12.3 Å². The zero-order chi connectivity index (χ0) is 12.6. The minimum Gasteiger partial charge on any atom is -0.477 e. The van der Waals surface area contributed by atoms with E-state index in [2.05, 4.69) is 15.4 Å². The van der Waals surface area contributed by atoms with Gasteiger partial charge in [0.25, 0.3) is 0 Å². The highest BCUT2D eigenvalue weighted by Gasteiger charge is 2.16. The molecule has 0 spiro atoms. The van der Waals surface area contributed by atoms with Gasteiger partial charge in [-0.25, -0.2) is 9.78 Å². The fourth-order valence-corrected chi connectivity index (χ4v) is 1.61. The Morgan fingerprint density at radius 1 is 1.53 bits per heavy atom. The van der Waals surface area contributed by atoms with Crippen LogP contribution in [0.1, 0.15) is 35.8 Å². The van der Waals surface area contributed by atoms with Gasteiger partial charge in [0.15, 0.2) is 5.65 Å². The molecule has 0 amide bonds. The molecule has 0 atom stereocenters. The molecule has 0 saturated heterocycles. The van der Waals surface area contributed by atoms with Crippen molar-refractivity contribution in [3.05, 3.63) is 23.5 Å². The monoisotopic (exact) mass is 234 g/mol. The van der Waals surface area contributed by atoms with Crippen molar-refractivity contribution in [3.63, 3.8) is 0 Å². The van der Waals surface area contributed by atoms with E-state index in [0.717, 1.165) is 11.5 Å². The van der Waals surface area contributed by atoms with Gasteiger partial charge in [-0.3, -0.25) is 0 Å². The minimum atomic E-state index is -1.02. The molecule has 2 aromatic heterocycles. The summed E-state index contributed by atoms with van der Waals surface area (Å²) in [6, 6.07) is 1.87. The lowest BCUT2D eigenvalue weighted by Crippen LogP contribution is -2.06. The number of nitrogens with zero attached hydrogens (tertiary/aromatic N) is 3. The molecular weight excluding hydrogens is 220 g/mol. The maximum absolute atomic E-state index is 11.0. The smallest absolute Gasteiger partial charge is 0.341 e. The molecule has 2 heterocycles. The first kappa shape index (κ1) is 11.4. The first-order valence-corrected chi connectivity index (χ1v) is 5.34. The van der Waals surface area contributed by atoms with Crippen molar-refractivity contribution in [2.75, 3.05) is 12.4 Å². The molecular formula is C11H14N4O2. The van der Waals surface area contributed by atoms with Crippen LogP contribution in [0.2, 0.25) is 0 Å². The van der Waals surface area contributed by atoms with Crippen molar-refractivity contribution in [1.82, 2.24) is 14.6 Å². The number of anilines is 1. The zero-order valence-corrected chi connectivity index (χ0v) is 9.93. The Morgan fingerprint density at radius 3 is 2.76 bits per heavy atom. The molecule has 2 rings (SSSR count). The number of carboxylic acids is 1. The molecule has 0 aromatic carbocycles. The number of nitrogens with one attached hydrogen (secondary N) is 1. The van der Waals surface area contributed by atoms with Crippen molar-refractivity contribution in [1.29, 1.82) is 0 Å². The molecule has 6 heteroatoms.